The summed E-state index contributed by atoms with van der Waals surface area (Å²) in [5.41, 5.74) is 0.918. The molecule has 24 heavy (non-hydrogen) atoms. The number of aliphatic hydroxyl groups is 1. The number of aliphatic hydroxyl groups excluding tert-OH is 1. The first-order chi connectivity index (χ1) is 11.4. The SMILES string of the molecule is COc1cc(C)ccc1NC(=O)NCC(O)c1c(F)cccc1F. The topological polar surface area (TPSA) is 70.6 Å². The van der Waals surface area contributed by atoms with Gasteiger partial charge in [0.05, 0.1) is 18.4 Å². The predicted octanol–water partition coefficient (Wildman–Crippen LogP) is 3.14. The quantitative estimate of drug-likeness (QED) is 0.785. The summed E-state index contributed by atoms with van der Waals surface area (Å²) in [5, 5.41) is 14.8. The minimum Gasteiger partial charge on any atom is -0.495 e. The standard InChI is InChI=1S/C17H18F2N2O3/c1-10-6-7-13(15(8-10)24-2)21-17(23)20-9-14(22)16-11(18)4-3-5-12(16)19/h3-8,14,22H,9H2,1-2H3,(H2,20,21,23). The summed E-state index contributed by atoms with van der Waals surface area (Å²) in [6, 6.07) is 7.86. The van der Waals surface area contributed by atoms with Gasteiger partial charge < -0.3 is 20.5 Å². The Morgan fingerprint density at radius 2 is 1.92 bits per heavy atom. The summed E-state index contributed by atoms with van der Waals surface area (Å²) in [6.45, 7) is 1.53. The maximum Gasteiger partial charge on any atom is 0.319 e. The van der Waals surface area contributed by atoms with Gasteiger partial charge in [0, 0.05) is 6.54 Å². The normalized spacial score (nSPS) is 11.7. The molecule has 128 valence electrons. The molecule has 2 aromatic carbocycles. The number of ether oxygens (including phenoxy) is 1. The molecule has 2 rings (SSSR count). The number of anilines is 1. The highest BCUT2D eigenvalue weighted by Gasteiger charge is 2.18. The summed E-state index contributed by atoms with van der Waals surface area (Å²) in [6.07, 6.45) is -1.50. The van der Waals surface area contributed by atoms with Crippen LogP contribution in [0.1, 0.15) is 17.2 Å². The number of carbonyl (C=O) groups is 1. The average molecular weight is 336 g/mol. The van der Waals surface area contributed by atoms with Crippen molar-refractivity contribution in [1.82, 2.24) is 5.32 Å². The van der Waals surface area contributed by atoms with Gasteiger partial charge in [-0.05, 0) is 36.8 Å². The number of methoxy groups -OCH3 is 1. The van der Waals surface area contributed by atoms with E-state index in [1.807, 2.05) is 6.92 Å². The molecule has 0 radical (unpaired) electrons. The summed E-state index contributed by atoms with van der Waals surface area (Å²) in [5.74, 6) is -1.26. The van der Waals surface area contributed by atoms with E-state index < -0.39 is 29.3 Å². The minimum atomic E-state index is -1.50. The number of halogens is 2. The number of hydrogen-bond acceptors (Lipinski definition) is 3. The molecule has 0 aliphatic rings. The van der Waals surface area contributed by atoms with Crippen molar-refractivity contribution < 1.29 is 23.4 Å². The lowest BCUT2D eigenvalue weighted by Crippen LogP contribution is -2.33. The lowest BCUT2D eigenvalue weighted by molar-refractivity contribution is 0.166. The fourth-order valence-electron chi connectivity index (χ4n) is 2.19. The molecule has 2 amide bonds. The van der Waals surface area contributed by atoms with Crippen LogP contribution in [0.3, 0.4) is 0 Å². The molecule has 2 aromatic rings. The van der Waals surface area contributed by atoms with Crippen molar-refractivity contribution >= 4 is 11.7 Å². The highest BCUT2D eigenvalue weighted by atomic mass is 19.1. The van der Waals surface area contributed by atoms with Gasteiger partial charge in [-0.2, -0.15) is 0 Å². The first-order valence-electron chi connectivity index (χ1n) is 7.24. The molecule has 0 fully saturated rings. The van der Waals surface area contributed by atoms with Crippen LogP contribution in [0.2, 0.25) is 0 Å². The van der Waals surface area contributed by atoms with Crippen molar-refractivity contribution in [3.63, 3.8) is 0 Å². The van der Waals surface area contributed by atoms with Crippen molar-refractivity contribution in [3.8, 4) is 5.75 Å². The Morgan fingerprint density at radius 1 is 1.25 bits per heavy atom. The van der Waals surface area contributed by atoms with Crippen LogP contribution < -0.4 is 15.4 Å². The number of carbonyl (C=O) groups excluding carboxylic acids is 1. The van der Waals surface area contributed by atoms with Gasteiger partial charge in [-0.25, -0.2) is 13.6 Å². The van der Waals surface area contributed by atoms with Gasteiger partial charge in [-0.15, -0.1) is 0 Å². The van der Waals surface area contributed by atoms with Crippen LogP contribution in [-0.4, -0.2) is 24.8 Å². The largest absolute Gasteiger partial charge is 0.495 e. The van der Waals surface area contributed by atoms with Gasteiger partial charge in [-0.3, -0.25) is 0 Å². The fourth-order valence-corrected chi connectivity index (χ4v) is 2.19. The zero-order valence-corrected chi connectivity index (χ0v) is 13.3. The van der Waals surface area contributed by atoms with E-state index in [-0.39, 0.29) is 6.54 Å². The third kappa shape index (κ3) is 4.20. The third-order valence-corrected chi connectivity index (χ3v) is 3.39. The van der Waals surface area contributed by atoms with Crippen LogP contribution in [-0.2, 0) is 0 Å². The Morgan fingerprint density at radius 3 is 2.54 bits per heavy atom. The maximum atomic E-state index is 13.6. The predicted molar refractivity (Wildman–Crippen MR) is 86.1 cm³/mol. The number of hydrogen-bond donors (Lipinski definition) is 3. The molecule has 1 unspecified atom stereocenters. The molecule has 7 heteroatoms. The minimum absolute atomic E-state index is 0.349. The number of aryl methyl sites for hydroxylation is 1. The van der Waals surface area contributed by atoms with Crippen molar-refractivity contribution in [1.29, 1.82) is 0 Å². The van der Waals surface area contributed by atoms with E-state index in [1.165, 1.54) is 13.2 Å². The molecule has 0 aliphatic carbocycles. The van der Waals surface area contributed by atoms with Crippen molar-refractivity contribution in [2.45, 2.75) is 13.0 Å². The Labute approximate surface area is 138 Å². The number of rotatable bonds is 5. The summed E-state index contributed by atoms with van der Waals surface area (Å²) in [4.78, 5) is 11.9. The Balaban J connectivity index is 1.98. The van der Waals surface area contributed by atoms with Crippen LogP contribution in [0.25, 0.3) is 0 Å². The van der Waals surface area contributed by atoms with Crippen molar-refractivity contribution in [3.05, 3.63) is 59.2 Å². The van der Waals surface area contributed by atoms with Gasteiger partial charge in [0.2, 0.25) is 0 Å². The van der Waals surface area contributed by atoms with Gasteiger partial charge in [-0.1, -0.05) is 12.1 Å². The van der Waals surface area contributed by atoms with Gasteiger partial charge in [0.15, 0.2) is 0 Å². The Hall–Kier alpha value is -2.67. The zero-order valence-electron chi connectivity index (χ0n) is 13.3. The Bertz CT molecular complexity index is 718. The van der Waals surface area contributed by atoms with Crippen molar-refractivity contribution in [2.24, 2.45) is 0 Å². The molecule has 0 saturated carbocycles. The average Bonchev–Trinajstić information content (AvgIpc) is 2.54. The van der Waals surface area contributed by atoms with Gasteiger partial charge in [0.25, 0.3) is 0 Å². The molecule has 0 saturated heterocycles. The maximum absolute atomic E-state index is 13.6. The highest BCUT2D eigenvalue weighted by molar-refractivity contribution is 5.91. The summed E-state index contributed by atoms with van der Waals surface area (Å²) in [7, 11) is 1.47. The van der Waals surface area contributed by atoms with Crippen LogP contribution in [0.4, 0.5) is 19.3 Å². The molecule has 0 bridgehead atoms. The van der Waals surface area contributed by atoms with Gasteiger partial charge >= 0.3 is 6.03 Å². The lowest BCUT2D eigenvalue weighted by Gasteiger charge is -2.15. The molecule has 5 nitrogen and oxygen atoms in total. The number of urea groups is 1. The fraction of sp³-hybridized carbons (Fsp3) is 0.235. The van der Waals surface area contributed by atoms with E-state index in [1.54, 1.807) is 18.2 Å². The molecule has 0 spiro atoms. The molecule has 0 heterocycles. The number of nitrogens with one attached hydrogen (secondary N) is 2. The molecule has 0 aliphatic heterocycles. The van der Waals surface area contributed by atoms with Crippen molar-refractivity contribution in [2.75, 3.05) is 19.0 Å². The second-order valence-corrected chi connectivity index (χ2v) is 5.19. The number of benzene rings is 2. The van der Waals surface area contributed by atoms with E-state index in [0.29, 0.717) is 11.4 Å². The monoisotopic (exact) mass is 336 g/mol. The smallest absolute Gasteiger partial charge is 0.319 e. The lowest BCUT2D eigenvalue weighted by atomic mass is 10.1. The summed E-state index contributed by atoms with van der Waals surface area (Å²) < 4.78 is 32.3. The van der Waals surface area contributed by atoms with Crippen LogP contribution in [0.15, 0.2) is 36.4 Å². The molecule has 1 atom stereocenters. The van der Waals surface area contributed by atoms with Crippen LogP contribution in [0.5, 0.6) is 5.75 Å². The van der Waals surface area contributed by atoms with Crippen LogP contribution in [0, 0.1) is 18.6 Å². The van der Waals surface area contributed by atoms with Crippen LogP contribution >= 0.6 is 0 Å². The first-order valence-corrected chi connectivity index (χ1v) is 7.24. The second kappa shape index (κ2) is 7.74. The second-order valence-electron chi connectivity index (χ2n) is 5.19. The van der Waals surface area contributed by atoms with E-state index in [2.05, 4.69) is 10.6 Å². The molecule has 0 aromatic heterocycles. The zero-order chi connectivity index (χ0) is 17.7. The first kappa shape index (κ1) is 17.7. The molecule has 3 N–H and O–H groups in total. The molecular weight excluding hydrogens is 318 g/mol. The highest BCUT2D eigenvalue weighted by Crippen LogP contribution is 2.25. The van der Waals surface area contributed by atoms with E-state index in [0.717, 1.165) is 17.7 Å². The van der Waals surface area contributed by atoms with Gasteiger partial charge in [0.1, 0.15) is 23.5 Å². The Kier molecular flexibility index (Phi) is 5.70. The molecular formula is C17H18F2N2O3. The van der Waals surface area contributed by atoms with E-state index in [4.69, 9.17) is 4.74 Å². The van der Waals surface area contributed by atoms with E-state index in [9.17, 15) is 18.7 Å². The number of amides is 2. The van der Waals surface area contributed by atoms with E-state index >= 15 is 0 Å². The summed E-state index contributed by atoms with van der Waals surface area (Å²) >= 11 is 0. The third-order valence-electron chi connectivity index (χ3n) is 3.39.